The van der Waals surface area contributed by atoms with Crippen LogP contribution in [-0.2, 0) is 10.8 Å². The summed E-state index contributed by atoms with van der Waals surface area (Å²) in [5.74, 6) is 0. The van der Waals surface area contributed by atoms with Gasteiger partial charge in [-0.05, 0) is 168 Å². The lowest BCUT2D eigenvalue weighted by molar-refractivity contribution is 0.478. The first-order valence-electron chi connectivity index (χ1n) is 27.1. The highest BCUT2D eigenvalue weighted by atomic mass is 35.5. The predicted molar refractivity (Wildman–Crippen MR) is 330 cm³/mol. The van der Waals surface area contributed by atoms with Crippen molar-refractivity contribution in [1.82, 2.24) is 0 Å². The fraction of sp³-hybridized carbons (Fsp3) is 0.257. The van der Waals surface area contributed by atoms with E-state index in [2.05, 4.69) is 259 Å². The molecule has 4 nitrogen and oxygen atoms in total. The number of anilines is 8. The van der Waals surface area contributed by atoms with Gasteiger partial charge >= 0.3 is 0 Å². The average molecular weight is 1040 g/mol. The highest BCUT2D eigenvalue weighted by Crippen LogP contribution is 2.52. The van der Waals surface area contributed by atoms with Crippen molar-refractivity contribution < 1.29 is 4.42 Å². The number of fused-ring (bicyclic) bond motifs is 4. The van der Waals surface area contributed by atoms with Crippen LogP contribution < -0.4 is 14.7 Å². The largest absolute Gasteiger partial charge is 0.454 e. The molecule has 0 atom stereocenters. The summed E-state index contributed by atoms with van der Waals surface area (Å²) in [6.07, 6.45) is 16.8. The van der Waals surface area contributed by atoms with Crippen molar-refractivity contribution in [3.8, 4) is 0 Å². The standard InChI is InChI=1S/C70H70ClN3OS/c1-46-41-61(73(52-22-16-21-49(30-35-52)68(2,3)4)63-45-76-65-40-29-48(43-59(63)65)47-19-12-11-13-20-47)66(71)62(42-46)74(60-27-18-26-58-57-25-14-15-28-64(57)75-67(58)60)56-24-17-23-55(44-56)72(53-36-31-50(32-37-53)69(5,6)7)54-38-33-51(34-39-54)70(8,9)10/h12,14-15,17-20,23-45H,11,13,16,21-22H2,1-10H3. The summed E-state index contributed by atoms with van der Waals surface area (Å²) in [5.41, 5.74) is 18.5. The molecule has 76 heavy (non-hydrogen) atoms. The number of thiophene rings is 1. The summed E-state index contributed by atoms with van der Waals surface area (Å²) in [4.78, 5) is 7.19. The monoisotopic (exact) mass is 1040 g/mol. The van der Waals surface area contributed by atoms with Crippen LogP contribution in [0.15, 0.2) is 197 Å². The molecule has 0 spiro atoms. The van der Waals surface area contributed by atoms with Gasteiger partial charge < -0.3 is 19.1 Å². The number of aryl methyl sites for hydroxylation is 1. The minimum absolute atomic E-state index is 0.0138. The van der Waals surface area contributed by atoms with Gasteiger partial charge in [0, 0.05) is 54.7 Å². The topological polar surface area (TPSA) is 22.9 Å². The van der Waals surface area contributed by atoms with Gasteiger partial charge in [-0.3, -0.25) is 0 Å². The number of benzene rings is 7. The van der Waals surface area contributed by atoms with E-state index in [4.69, 9.17) is 16.0 Å². The summed E-state index contributed by atoms with van der Waals surface area (Å²) >= 11 is 10.1. The van der Waals surface area contributed by atoms with Crippen molar-refractivity contribution in [2.45, 2.75) is 112 Å². The molecule has 0 amide bonds. The number of hydrogen-bond donors (Lipinski definition) is 0. The van der Waals surface area contributed by atoms with Gasteiger partial charge in [0.1, 0.15) is 5.58 Å². The second kappa shape index (κ2) is 20.1. The number of halogens is 1. The van der Waals surface area contributed by atoms with E-state index in [-0.39, 0.29) is 16.2 Å². The van der Waals surface area contributed by atoms with Gasteiger partial charge in [-0.1, -0.05) is 171 Å². The van der Waals surface area contributed by atoms with Crippen molar-refractivity contribution in [3.05, 3.63) is 220 Å². The Morgan fingerprint density at radius 2 is 1.17 bits per heavy atom. The minimum atomic E-state index is 0.0138. The van der Waals surface area contributed by atoms with Crippen LogP contribution in [0.2, 0.25) is 5.02 Å². The third kappa shape index (κ3) is 9.96. The zero-order valence-electron chi connectivity index (χ0n) is 45.9. The third-order valence-electron chi connectivity index (χ3n) is 15.3. The second-order valence-electron chi connectivity index (χ2n) is 23.9. The van der Waals surface area contributed by atoms with Crippen molar-refractivity contribution in [3.63, 3.8) is 0 Å². The number of allylic oxidation sites excluding steroid dienone is 8. The molecular weight excluding hydrogens is 966 g/mol. The van der Waals surface area contributed by atoms with Gasteiger partial charge in [0.2, 0.25) is 0 Å². The number of rotatable bonds is 10. The molecule has 7 aromatic carbocycles. The molecule has 0 aliphatic heterocycles. The van der Waals surface area contributed by atoms with E-state index in [0.29, 0.717) is 5.02 Å². The first-order valence-corrected chi connectivity index (χ1v) is 28.4. The Bertz CT molecular complexity index is 3710. The van der Waals surface area contributed by atoms with E-state index in [1.807, 2.05) is 6.07 Å². The molecule has 9 aromatic rings. The van der Waals surface area contributed by atoms with Gasteiger partial charge in [-0.25, -0.2) is 0 Å². The van der Waals surface area contributed by atoms with Crippen LogP contribution in [-0.4, -0.2) is 0 Å². The summed E-state index contributed by atoms with van der Waals surface area (Å²) in [6.45, 7) is 22.8. The maximum absolute atomic E-state index is 8.30. The summed E-state index contributed by atoms with van der Waals surface area (Å²) in [6, 6.07) is 53.4. The van der Waals surface area contributed by atoms with Crippen LogP contribution in [0, 0.1) is 12.3 Å². The molecule has 0 unspecified atom stereocenters. The van der Waals surface area contributed by atoms with Crippen molar-refractivity contribution >= 4 is 106 Å². The highest BCUT2D eigenvalue weighted by Gasteiger charge is 2.30. The van der Waals surface area contributed by atoms with Gasteiger partial charge in [-0.15, -0.1) is 11.3 Å². The van der Waals surface area contributed by atoms with Crippen molar-refractivity contribution in [1.29, 1.82) is 0 Å². The molecular formula is C70H70ClN3OS. The zero-order valence-corrected chi connectivity index (χ0v) is 47.5. The maximum atomic E-state index is 8.30. The van der Waals surface area contributed by atoms with Crippen LogP contribution in [0.4, 0.5) is 45.5 Å². The summed E-state index contributed by atoms with van der Waals surface area (Å²) < 4.78 is 8.18. The molecule has 0 fully saturated rings. The Hall–Kier alpha value is -7.05. The second-order valence-corrected chi connectivity index (χ2v) is 25.2. The Balaban J connectivity index is 1.15. The number of nitrogens with zero attached hydrogens (tertiary/aromatic N) is 3. The third-order valence-corrected chi connectivity index (χ3v) is 16.7. The molecule has 384 valence electrons. The van der Waals surface area contributed by atoms with E-state index in [1.54, 1.807) is 11.3 Å². The normalized spacial score (nSPS) is 14.4. The first kappa shape index (κ1) is 51.1. The molecule has 0 radical (unpaired) electrons. The van der Waals surface area contributed by atoms with E-state index < -0.39 is 0 Å². The summed E-state index contributed by atoms with van der Waals surface area (Å²) in [5, 5.41) is 6.33. The SMILES string of the molecule is Cc1cc(N(C2=CC=C(C(C)(C)C)CCC2)c2csc3ccc(C4=CCCC=C4)cc23)c(Cl)c(N(c2cccc(N(c3ccc(C(C)(C)C)cc3)c3ccc(C(C)(C)C)cc3)c2)c2cccc3c2oc2ccccc23)c1. The van der Waals surface area contributed by atoms with Gasteiger partial charge in [0.05, 0.1) is 27.8 Å². The van der Waals surface area contributed by atoms with E-state index in [1.165, 1.54) is 43.6 Å². The Labute approximate surface area is 459 Å². The van der Waals surface area contributed by atoms with Gasteiger partial charge in [-0.2, -0.15) is 0 Å². The fourth-order valence-electron chi connectivity index (χ4n) is 11.1. The van der Waals surface area contributed by atoms with Crippen LogP contribution in [0.5, 0.6) is 0 Å². The molecule has 2 aliphatic carbocycles. The van der Waals surface area contributed by atoms with Crippen LogP contribution in [0.1, 0.15) is 117 Å². The molecule has 2 aromatic heterocycles. The number of para-hydroxylation sites is 2. The van der Waals surface area contributed by atoms with Crippen molar-refractivity contribution in [2.75, 3.05) is 14.7 Å². The average Bonchev–Trinajstić information content (AvgIpc) is 3.95. The zero-order chi connectivity index (χ0) is 53.1. The molecule has 2 aliphatic rings. The minimum Gasteiger partial charge on any atom is -0.454 e. The fourth-order valence-corrected chi connectivity index (χ4v) is 12.3. The lowest BCUT2D eigenvalue weighted by atomic mass is 9.84. The number of furan rings is 1. The first-order chi connectivity index (χ1) is 36.4. The Morgan fingerprint density at radius 1 is 0.526 bits per heavy atom. The maximum Gasteiger partial charge on any atom is 0.159 e. The molecule has 11 rings (SSSR count). The Kier molecular flexibility index (Phi) is 13.5. The lowest BCUT2D eigenvalue weighted by Crippen LogP contribution is -2.19. The van der Waals surface area contributed by atoms with Crippen molar-refractivity contribution in [2.24, 2.45) is 5.41 Å². The predicted octanol–water partition coefficient (Wildman–Crippen LogP) is 22.2. The van der Waals surface area contributed by atoms with Gasteiger partial charge in [0.15, 0.2) is 5.58 Å². The van der Waals surface area contributed by atoms with Crippen LogP contribution in [0.3, 0.4) is 0 Å². The van der Waals surface area contributed by atoms with E-state index >= 15 is 0 Å². The quantitative estimate of drug-likeness (QED) is 0.136. The van der Waals surface area contributed by atoms with Gasteiger partial charge in [0.25, 0.3) is 0 Å². The molecule has 2 heterocycles. The molecule has 0 saturated heterocycles. The number of hydrogen-bond acceptors (Lipinski definition) is 5. The molecule has 6 heteroatoms. The molecule has 0 N–H and O–H groups in total. The van der Waals surface area contributed by atoms with Crippen LogP contribution >= 0.6 is 22.9 Å². The molecule has 0 saturated carbocycles. The smallest absolute Gasteiger partial charge is 0.159 e. The van der Waals surface area contributed by atoms with E-state index in [9.17, 15) is 0 Å². The Morgan fingerprint density at radius 3 is 1.83 bits per heavy atom. The highest BCUT2D eigenvalue weighted by molar-refractivity contribution is 7.17. The summed E-state index contributed by atoms with van der Waals surface area (Å²) in [7, 11) is 0. The lowest BCUT2D eigenvalue weighted by Gasteiger charge is -2.33. The molecule has 0 bridgehead atoms. The van der Waals surface area contributed by atoms with Crippen LogP contribution in [0.25, 0.3) is 37.6 Å². The van der Waals surface area contributed by atoms with E-state index in [0.717, 1.165) is 105 Å².